The molecule has 0 bridgehead atoms. The summed E-state index contributed by atoms with van der Waals surface area (Å²) in [5.41, 5.74) is 0. The number of hydrogen-bond donors (Lipinski definition) is 0. The van der Waals surface area contributed by atoms with Crippen LogP contribution in [0.5, 0.6) is 0 Å². The van der Waals surface area contributed by atoms with Gasteiger partial charge < -0.3 is 33.3 Å². The van der Waals surface area contributed by atoms with E-state index in [1.165, 1.54) is 51.4 Å². The molecule has 4 aliphatic rings. The summed E-state index contributed by atoms with van der Waals surface area (Å²) in [6.07, 6.45) is 23.4. The minimum Gasteiger partial charge on any atom is -0.465 e. The Labute approximate surface area is 410 Å². The second kappa shape index (κ2) is 32.6. The van der Waals surface area contributed by atoms with E-state index >= 15 is 0 Å². The molecule has 0 amide bonds. The molecule has 0 unspecified atom stereocenters. The fourth-order valence-corrected chi connectivity index (χ4v) is 10.4. The topological polar surface area (TPSA) is 161 Å². The van der Waals surface area contributed by atoms with E-state index in [-0.39, 0.29) is 76.4 Å². The van der Waals surface area contributed by atoms with Crippen LogP contribution in [0.15, 0.2) is 0 Å². The summed E-state index contributed by atoms with van der Waals surface area (Å²) in [4.78, 5) is 78.6. The Hall–Kier alpha value is -3.22. The summed E-state index contributed by atoms with van der Waals surface area (Å²) in [5.74, 6) is 2.12. The van der Waals surface area contributed by atoms with Crippen LogP contribution in [0.3, 0.4) is 0 Å². The number of carbonyl (C=O) groups is 6. The highest BCUT2D eigenvalue weighted by molar-refractivity contribution is 5.71. The molecule has 0 heterocycles. The SMILES string of the molecule is CC1CCC(CCC(=O)OCC(COC(=O)CCC2CCC(C)CC2)COC(=O)CCN(C)CCC(=O)OCC(COC(=O)CCC2CCC(C)CC2)COC(=O)CCC2CCC(C)CC2)CC1. The van der Waals surface area contributed by atoms with E-state index in [9.17, 15) is 28.8 Å². The van der Waals surface area contributed by atoms with Gasteiger partial charge in [0.15, 0.2) is 0 Å². The predicted molar refractivity (Wildman–Crippen MR) is 261 cm³/mol. The lowest BCUT2D eigenvalue weighted by Gasteiger charge is -2.26. The molecule has 0 aromatic carbocycles. The van der Waals surface area contributed by atoms with E-state index in [0.29, 0.717) is 62.4 Å². The van der Waals surface area contributed by atoms with Crippen molar-refractivity contribution < 1.29 is 57.2 Å². The lowest BCUT2D eigenvalue weighted by atomic mass is 9.81. The highest BCUT2D eigenvalue weighted by Crippen LogP contribution is 2.34. The Morgan fingerprint density at radius 1 is 0.338 bits per heavy atom. The molecule has 4 saturated carbocycles. The van der Waals surface area contributed by atoms with E-state index in [2.05, 4.69) is 27.7 Å². The number of ether oxygens (including phenoxy) is 6. The zero-order valence-corrected chi connectivity index (χ0v) is 43.2. The van der Waals surface area contributed by atoms with Crippen molar-refractivity contribution in [3.05, 3.63) is 0 Å². The minimum atomic E-state index is -0.489. The second-order valence-corrected chi connectivity index (χ2v) is 22.3. The van der Waals surface area contributed by atoms with Crippen molar-refractivity contribution in [3.63, 3.8) is 0 Å². The smallest absolute Gasteiger partial charge is 0.307 e. The molecule has 0 radical (unpaired) electrons. The van der Waals surface area contributed by atoms with Gasteiger partial charge in [-0.25, -0.2) is 0 Å². The van der Waals surface area contributed by atoms with E-state index in [1.54, 1.807) is 7.05 Å². The van der Waals surface area contributed by atoms with Gasteiger partial charge in [0.1, 0.15) is 39.6 Å². The summed E-state index contributed by atoms with van der Waals surface area (Å²) in [6.45, 7) is 9.64. The van der Waals surface area contributed by atoms with Crippen LogP contribution in [0.2, 0.25) is 0 Å². The third kappa shape index (κ3) is 25.6. The molecule has 0 aromatic rings. The van der Waals surface area contributed by atoms with Gasteiger partial charge >= 0.3 is 35.8 Å². The number of hydrogen-bond acceptors (Lipinski definition) is 13. The van der Waals surface area contributed by atoms with Gasteiger partial charge in [-0.15, -0.1) is 0 Å². The van der Waals surface area contributed by atoms with Crippen LogP contribution in [0.25, 0.3) is 0 Å². The van der Waals surface area contributed by atoms with Crippen molar-refractivity contribution in [1.29, 1.82) is 0 Å². The molecule has 4 aliphatic carbocycles. The molecule has 0 aromatic heterocycles. The van der Waals surface area contributed by atoms with Crippen molar-refractivity contribution in [2.24, 2.45) is 59.2 Å². The van der Waals surface area contributed by atoms with Gasteiger partial charge in [-0.1, -0.05) is 130 Å². The number of rotatable bonds is 30. The fourth-order valence-electron chi connectivity index (χ4n) is 10.4. The molecule has 390 valence electrons. The highest BCUT2D eigenvalue weighted by Gasteiger charge is 2.26. The summed E-state index contributed by atoms with van der Waals surface area (Å²) in [5, 5.41) is 0. The lowest BCUT2D eigenvalue weighted by molar-refractivity contribution is -0.156. The van der Waals surface area contributed by atoms with Crippen LogP contribution in [0.4, 0.5) is 0 Å². The van der Waals surface area contributed by atoms with Gasteiger partial charge in [-0.2, -0.15) is 0 Å². The van der Waals surface area contributed by atoms with Crippen molar-refractivity contribution in [2.75, 3.05) is 59.8 Å². The lowest BCUT2D eigenvalue weighted by Crippen LogP contribution is -2.29. The largest absolute Gasteiger partial charge is 0.465 e. The van der Waals surface area contributed by atoms with Crippen molar-refractivity contribution in [3.8, 4) is 0 Å². The van der Waals surface area contributed by atoms with Crippen LogP contribution in [-0.2, 0) is 57.2 Å². The average Bonchev–Trinajstić information content (AvgIpc) is 3.33. The van der Waals surface area contributed by atoms with Gasteiger partial charge in [-0.3, -0.25) is 28.8 Å². The first kappa shape index (κ1) is 57.4. The zero-order valence-electron chi connectivity index (χ0n) is 43.2. The van der Waals surface area contributed by atoms with Crippen molar-refractivity contribution >= 4 is 35.8 Å². The van der Waals surface area contributed by atoms with Crippen LogP contribution in [0, 0.1) is 59.2 Å². The van der Waals surface area contributed by atoms with Crippen LogP contribution < -0.4 is 0 Å². The monoisotopic (exact) mass is 960 g/mol. The minimum absolute atomic E-state index is 0.00489. The Morgan fingerprint density at radius 3 is 0.735 bits per heavy atom. The first-order valence-corrected chi connectivity index (χ1v) is 27.3. The quantitative estimate of drug-likeness (QED) is 0.0494. The predicted octanol–water partition coefficient (Wildman–Crippen LogP) is 10.6. The molecule has 4 fully saturated rings. The van der Waals surface area contributed by atoms with Gasteiger partial charge in [0.05, 0.1) is 24.7 Å². The summed E-state index contributed by atoms with van der Waals surface area (Å²) >= 11 is 0. The fraction of sp³-hybridized carbons (Fsp3) is 0.891. The van der Waals surface area contributed by atoms with Gasteiger partial charge in [0, 0.05) is 38.8 Å². The molecule has 0 spiro atoms. The maximum Gasteiger partial charge on any atom is 0.307 e. The van der Waals surface area contributed by atoms with Crippen LogP contribution >= 0.6 is 0 Å². The Balaban J connectivity index is 1.15. The molecule has 68 heavy (non-hydrogen) atoms. The molecule has 13 nitrogen and oxygen atoms in total. The van der Waals surface area contributed by atoms with Crippen molar-refractivity contribution in [1.82, 2.24) is 4.90 Å². The summed E-state index contributed by atoms with van der Waals surface area (Å²) < 4.78 is 33.7. The maximum absolute atomic E-state index is 12.9. The Bertz CT molecular complexity index is 1280. The van der Waals surface area contributed by atoms with Gasteiger partial charge in [-0.05, 0) is 80.1 Å². The average molecular weight is 960 g/mol. The van der Waals surface area contributed by atoms with Crippen molar-refractivity contribution in [2.45, 2.75) is 195 Å². The number of carbonyl (C=O) groups excluding carboxylic acids is 6. The number of nitrogens with zero attached hydrogens (tertiary/aromatic N) is 1. The van der Waals surface area contributed by atoms with Crippen LogP contribution in [-0.4, -0.2) is 100 Å². The third-order valence-corrected chi connectivity index (χ3v) is 15.8. The zero-order chi connectivity index (χ0) is 49.1. The maximum atomic E-state index is 12.9. The third-order valence-electron chi connectivity index (χ3n) is 15.8. The molecule has 4 rings (SSSR count). The van der Waals surface area contributed by atoms with E-state index in [0.717, 1.165) is 101 Å². The molecule has 0 saturated heterocycles. The van der Waals surface area contributed by atoms with E-state index in [4.69, 9.17) is 28.4 Å². The summed E-state index contributed by atoms with van der Waals surface area (Å²) in [6, 6.07) is 0. The Morgan fingerprint density at radius 2 is 0.529 bits per heavy atom. The molecule has 0 aliphatic heterocycles. The Kier molecular flexibility index (Phi) is 27.5. The standard InChI is InChI=1S/C55H93NO12/c1-40-6-14-44(15-7-40)22-26-50(57)63-34-48(35-64-51(58)27-23-45-16-8-41(2)9-17-45)38-67-54(61)30-32-56(5)33-31-55(62)68-39-49(36-65-52(59)28-24-46-18-10-42(3)11-19-46)37-66-53(60)29-25-47-20-12-43(4)13-21-47/h40-49H,6-39H2,1-5H3. The van der Waals surface area contributed by atoms with E-state index < -0.39 is 23.8 Å². The highest BCUT2D eigenvalue weighted by atomic mass is 16.6. The molecule has 0 atom stereocenters. The molecule has 0 N–H and O–H groups in total. The molecular formula is C55H93NO12. The summed E-state index contributed by atoms with van der Waals surface area (Å²) in [7, 11) is 1.80. The van der Waals surface area contributed by atoms with E-state index in [1.807, 2.05) is 4.90 Å². The second-order valence-electron chi connectivity index (χ2n) is 22.3. The van der Waals surface area contributed by atoms with Gasteiger partial charge in [0.25, 0.3) is 0 Å². The van der Waals surface area contributed by atoms with Gasteiger partial charge in [0.2, 0.25) is 0 Å². The molecular weight excluding hydrogens is 867 g/mol. The first-order valence-electron chi connectivity index (χ1n) is 27.3. The molecule has 13 heteroatoms. The first-order chi connectivity index (χ1) is 32.7. The number of esters is 6. The van der Waals surface area contributed by atoms with Crippen LogP contribution in [0.1, 0.15) is 195 Å². The normalized spacial score (nSPS) is 26.2.